The topological polar surface area (TPSA) is 12.0 Å². The summed E-state index contributed by atoms with van der Waals surface area (Å²) in [6, 6.07) is 6.00. The average molecular weight is 255 g/mol. The second-order valence-electron chi connectivity index (χ2n) is 5.41. The van der Waals surface area contributed by atoms with Gasteiger partial charge >= 0.3 is 0 Å². The number of rotatable bonds is 2. The summed E-state index contributed by atoms with van der Waals surface area (Å²) < 4.78 is 41.7. The van der Waals surface area contributed by atoms with Crippen molar-refractivity contribution in [2.75, 3.05) is 0 Å². The van der Waals surface area contributed by atoms with Gasteiger partial charge in [-0.25, -0.2) is 13.2 Å². The molecule has 0 saturated carbocycles. The SMILES string of the molecule is Fc1ccccc1CC1C2CCC(CC1(F)F)N2. The first-order chi connectivity index (χ1) is 8.56. The summed E-state index contributed by atoms with van der Waals surface area (Å²) in [7, 11) is 0. The molecule has 1 aromatic carbocycles. The molecule has 2 aliphatic heterocycles. The van der Waals surface area contributed by atoms with E-state index >= 15 is 0 Å². The minimum atomic E-state index is -2.68. The molecule has 0 amide bonds. The first-order valence-electron chi connectivity index (χ1n) is 6.43. The van der Waals surface area contributed by atoms with Crippen molar-refractivity contribution in [3.63, 3.8) is 0 Å². The van der Waals surface area contributed by atoms with Crippen LogP contribution in [0.1, 0.15) is 24.8 Å². The number of fused-ring (bicyclic) bond motifs is 2. The van der Waals surface area contributed by atoms with E-state index < -0.39 is 11.8 Å². The molecule has 0 aliphatic carbocycles. The Bertz CT molecular complexity index is 446. The normalized spacial score (nSPS) is 33.6. The minimum absolute atomic E-state index is 0.0538. The van der Waals surface area contributed by atoms with Gasteiger partial charge < -0.3 is 5.32 Å². The van der Waals surface area contributed by atoms with Crippen LogP contribution in [0.3, 0.4) is 0 Å². The third kappa shape index (κ3) is 2.03. The molecule has 2 bridgehead atoms. The maximum Gasteiger partial charge on any atom is 0.254 e. The molecule has 1 nitrogen and oxygen atoms in total. The zero-order valence-corrected chi connectivity index (χ0v) is 10.0. The molecule has 18 heavy (non-hydrogen) atoms. The summed E-state index contributed by atoms with van der Waals surface area (Å²) in [5.41, 5.74) is 0.398. The quantitative estimate of drug-likeness (QED) is 0.856. The fraction of sp³-hybridized carbons (Fsp3) is 0.571. The van der Waals surface area contributed by atoms with Crippen LogP contribution in [0.2, 0.25) is 0 Å². The summed E-state index contributed by atoms with van der Waals surface area (Å²) in [6.45, 7) is 0. The molecule has 2 heterocycles. The van der Waals surface area contributed by atoms with Crippen LogP contribution < -0.4 is 5.32 Å². The lowest BCUT2D eigenvalue weighted by atomic mass is 9.83. The monoisotopic (exact) mass is 255 g/mol. The zero-order chi connectivity index (χ0) is 12.8. The Labute approximate surface area is 104 Å². The van der Waals surface area contributed by atoms with E-state index in [9.17, 15) is 13.2 Å². The maximum absolute atomic E-state index is 14.1. The van der Waals surface area contributed by atoms with E-state index in [4.69, 9.17) is 0 Å². The Balaban J connectivity index is 1.84. The van der Waals surface area contributed by atoms with Crippen LogP contribution in [-0.4, -0.2) is 18.0 Å². The molecule has 2 saturated heterocycles. The second-order valence-corrected chi connectivity index (χ2v) is 5.41. The van der Waals surface area contributed by atoms with Crippen LogP contribution in [0.4, 0.5) is 13.2 Å². The Morgan fingerprint density at radius 2 is 2.00 bits per heavy atom. The first kappa shape index (κ1) is 12.0. The summed E-state index contributed by atoms with van der Waals surface area (Å²) >= 11 is 0. The fourth-order valence-electron chi connectivity index (χ4n) is 3.30. The standard InChI is InChI=1S/C14H16F3N/c15-12-4-2-1-3-9(12)7-11-13-6-5-10(18-13)8-14(11,16)17/h1-4,10-11,13,18H,5-8H2. The number of hydrogen-bond acceptors (Lipinski definition) is 1. The molecule has 3 atom stereocenters. The van der Waals surface area contributed by atoms with Gasteiger partial charge in [0.2, 0.25) is 0 Å². The van der Waals surface area contributed by atoms with Gasteiger partial charge in [-0.15, -0.1) is 0 Å². The molecule has 0 radical (unpaired) electrons. The molecule has 98 valence electrons. The van der Waals surface area contributed by atoms with Gasteiger partial charge in [0.25, 0.3) is 5.92 Å². The molecule has 4 heteroatoms. The van der Waals surface area contributed by atoms with Crippen molar-refractivity contribution in [2.45, 2.75) is 43.7 Å². The van der Waals surface area contributed by atoms with Crippen LogP contribution in [0.15, 0.2) is 24.3 Å². The van der Waals surface area contributed by atoms with Crippen molar-refractivity contribution in [2.24, 2.45) is 5.92 Å². The lowest BCUT2D eigenvalue weighted by Gasteiger charge is -2.37. The van der Waals surface area contributed by atoms with Crippen molar-refractivity contribution >= 4 is 0 Å². The highest BCUT2D eigenvalue weighted by molar-refractivity contribution is 5.20. The molecule has 3 rings (SSSR count). The first-order valence-corrected chi connectivity index (χ1v) is 6.43. The zero-order valence-electron chi connectivity index (χ0n) is 10.0. The van der Waals surface area contributed by atoms with Crippen LogP contribution in [-0.2, 0) is 6.42 Å². The average Bonchev–Trinajstić information content (AvgIpc) is 2.70. The Morgan fingerprint density at radius 1 is 1.22 bits per heavy atom. The van der Waals surface area contributed by atoms with E-state index in [1.165, 1.54) is 6.07 Å². The Hall–Kier alpha value is -1.03. The van der Waals surface area contributed by atoms with Crippen LogP contribution >= 0.6 is 0 Å². The summed E-state index contributed by atoms with van der Waals surface area (Å²) in [5, 5.41) is 3.23. The van der Waals surface area contributed by atoms with Crippen molar-refractivity contribution < 1.29 is 13.2 Å². The van der Waals surface area contributed by atoms with E-state index in [2.05, 4.69) is 5.32 Å². The molecule has 1 N–H and O–H groups in total. The van der Waals surface area contributed by atoms with Gasteiger partial charge in [0.15, 0.2) is 0 Å². The predicted octanol–water partition coefficient (Wildman–Crippen LogP) is 3.14. The lowest BCUT2D eigenvalue weighted by molar-refractivity contribution is -0.0956. The smallest absolute Gasteiger partial charge is 0.254 e. The summed E-state index contributed by atoms with van der Waals surface area (Å²) in [5.74, 6) is -3.85. The van der Waals surface area contributed by atoms with Gasteiger partial charge in [-0.2, -0.15) is 0 Å². The predicted molar refractivity (Wildman–Crippen MR) is 63.1 cm³/mol. The van der Waals surface area contributed by atoms with Crippen LogP contribution in [0, 0.1) is 11.7 Å². The van der Waals surface area contributed by atoms with Gasteiger partial charge in [-0.3, -0.25) is 0 Å². The highest BCUT2D eigenvalue weighted by Crippen LogP contribution is 2.43. The third-order valence-electron chi connectivity index (χ3n) is 4.22. The molecule has 2 aliphatic rings. The largest absolute Gasteiger partial charge is 0.310 e. The molecule has 0 aromatic heterocycles. The van der Waals surface area contributed by atoms with Crippen LogP contribution in [0.5, 0.6) is 0 Å². The lowest BCUT2D eigenvalue weighted by Crippen LogP contribution is -2.52. The highest BCUT2D eigenvalue weighted by Gasteiger charge is 2.52. The van der Waals surface area contributed by atoms with E-state index in [-0.39, 0.29) is 30.7 Å². The molecular weight excluding hydrogens is 239 g/mol. The Morgan fingerprint density at radius 3 is 2.78 bits per heavy atom. The Kier molecular flexibility index (Phi) is 2.85. The number of benzene rings is 1. The molecule has 0 spiro atoms. The van der Waals surface area contributed by atoms with Crippen molar-refractivity contribution in [3.05, 3.63) is 35.6 Å². The fourth-order valence-corrected chi connectivity index (χ4v) is 3.30. The third-order valence-corrected chi connectivity index (χ3v) is 4.22. The van der Waals surface area contributed by atoms with Gasteiger partial charge in [0, 0.05) is 24.4 Å². The van der Waals surface area contributed by atoms with Crippen molar-refractivity contribution in [3.8, 4) is 0 Å². The number of alkyl halides is 2. The molecule has 1 aromatic rings. The number of halogens is 3. The van der Waals surface area contributed by atoms with Crippen molar-refractivity contribution in [1.82, 2.24) is 5.32 Å². The number of piperidine rings is 1. The van der Waals surface area contributed by atoms with E-state index in [1.807, 2.05) is 0 Å². The van der Waals surface area contributed by atoms with E-state index in [0.717, 1.165) is 12.8 Å². The number of nitrogens with one attached hydrogen (secondary N) is 1. The number of hydrogen-bond donors (Lipinski definition) is 1. The van der Waals surface area contributed by atoms with Gasteiger partial charge in [0.05, 0.1) is 0 Å². The van der Waals surface area contributed by atoms with Gasteiger partial charge in [-0.05, 0) is 30.9 Å². The van der Waals surface area contributed by atoms with Gasteiger partial charge in [0.1, 0.15) is 5.82 Å². The van der Waals surface area contributed by atoms with Crippen molar-refractivity contribution in [1.29, 1.82) is 0 Å². The molecular formula is C14H16F3N. The van der Waals surface area contributed by atoms with E-state index in [1.54, 1.807) is 18.2 Å². The summed E-state index contributed by atoms with van der Waals surface area (Å²) in [6.07, 6.45) is 1.60. The summed E-state index contributed by atoms with van der Waals surface area (Å²) in [4.78, 5) is 0. The van der Waals surface area contributed by atoms with Crippen LogP contribution in [0.25, 0.3) is 0 Å². The second kappa shape index (κ2) is 4.26. The van der Waals surface area contributed by atoms with E-state index in [0.29, 0.717) is 5.56 Å². The van der Waals surface area contributed by atoms with Gasteiger partial charge in [-0.1, -0.05) is 18.2 Å². The molecule has 2 fully saturated rings. The highest BCUT2D eigenvalue weighted by atomic mass is 19.3. The maximum atomic E-state index is 14.1. The minimum Gasteiger partial charge on any atom is -0.310 e. The molecule has 3 unspecified atom stereocenters.